The van der Waals surface area contributed by atoms with E-state index in [0.29, 0.717) is 0 Å². The molecule has 0 bridgehead atoms. The smallest absolute Gasteiger partial charge is 0.324 e. The second kappa shape index (κ2) is 4.73. The number of carbonyl (C=O) groups excluding carboxylic acids is 3. The molecule has 1 N–H and O–H groups in total. The number of hydrogen-bond donors (Lipinski definition) is 1. The topological polar surface area (TPSA) is 75.7 Å². The fraction of sp³-hybridized carbons (Fsp3) is 0.727. The van der Waals surface area contributed by atoms with Gasteiger partial charge in [-0.2, -0.15) is 0 Å². The van der Waals surface area contributed by atoms with Crippen LogP contribution >= 0.6 is 0 Å². The number of esters is 1. The second-order valence-electron chi connectivity index (χ2n) is 5.02. The molecule has 0 spiro atoms. The average Bonchev–Trinajstić information content (AvgIpc) is 2.40. The third-order valence-electron chi connectivity index (χ3n) is 2.29. The number of ether oxygens (including phenoxy) is 1. The number of nitrogens with one attached hydrogen (secondary N) is 1. The van der Waals surface area contributed by atoms with Crippen LogP contribution in [-0.2, 0) is 14.3 Å². The largest absolute Gasteiger partial charge is 0.460 e. The van der Waals surface area contributed by atoms with E-state index in [-0.39, 0.29) is 24.7 Å². The van der Waals surface area contributed by atoms with Crippen LogP contribution in [0.3, 0.4) is 0 Å². The molecular formula is C11H18N2O4. The molecule has 1 rings (SSSR count). The SMILES string of the molecule is CN1C(=O)NC(CCC(=O)OC(C)(C)C)C1=O. The van der Waals surface area contributed by atoms with Crippen LogP contribution in [0.15, 0.2) is 0 Å². The molecule has 0 aromatic heterocycles. The van der Waals surface area contributed by atoms with Crippen molar-refractivity contribution in [2.24, 2.45) is 0 Å². The molecule has 6 nitrogen and oxygen atoms in total. The van der Waals surface area contributed by atoms with Gasteiger partial charge in [-0.25, -0.2) is 4.79 Å². The molecule has 1 heterocycles. The first-order valence-corrected chi connectivity index (χ1v) is 5.50. The number of amides is 3. The van der Waals surface area contributed by atoms with Gasteiger partial charge in [0, 0.05) is 13.5 Å². The Morgan fingerprint density at radius 1 is 1.41 bits per heavy atom. The van der Waals surface area contributed by atoms with Gasteiger partial charge in [-0.3, -0.25) is 14.5 Å². The Balaban J connectivity index is 2.40. The van der Waals surface area contributed by atoms with E-state index in [0.717, 1.165) is 4.90 Å². The van der Waals surface area contributed by atoms with E-state index in [4.69, 9.17) is 4.74 Å². The maximum atomic E-state index is 11.5. The number of carbonyl (C=O) groups is 3. The molecule has 6 heteroatoms. The summed E-state index contributed by atoms with van der Waals surface area (Å²) in [5, 5.41) is 2.50. The van der Waals surface area contributed by atoms with Gasteiger partial charge in [0.2, 0.25) is 0 Å². The number of urea groups is 1. The molecule has 1 atom stereocenters. The lowest BCUT2D eigenvalue weighted by Crippen LogP contribution is -2.31. The first-order valence-electron chi connectivity index (χ1n) is 5.50. The van der Waals surface area contributed by atoms with Crippen molar-refractivity contribution < 1.29 is 19.1 Å². The van der Waals surface area contributed by atoms with Gasteiger partial charge >= 0.3 is 12.0 Å². The van der Waals surface area contributed by atoms with E-state index in [1.807, 2.05) is 0 Å². The number of imide groups is 1. The summed E-state index contributed by atoms with van der Waals surface area (Å²) >= 11 is 0. The number of likely N-dealkylation sites (N-methyl/N-ethyl adjacent to an activating group) is 1. The van der Waals surface area contributed by atoms with Crippen LogP contribution in [0.25, 0.3) is 0 Å². The number of nitrogens with zero attached hydrogens (tertiary/aromatic N) is 1. The summed E-state index contributed by atoms with van der Waals surface area (Å²) in [4.78, 5) is 35.1. The molecule has 0 saturated carbocycles. The first kappa shape index (κ1) is 13.5. The lowest BCUT2D eigenvalue weighted by molar-refractivity contribution is -0.155. The van der Waals surface area contributed by atoms with Crippen LogP contribution in [-0.4, -0.2) is 41.5 Å². The van der Waals surface area contributed by atoms with Crippen molar-refractivity contribution >= 4 is 17.9 Å². The fourth-order valence-electron chi connectivity index (χ4n) is 1.49. The lowest BCUT2D eigenvalue weighted by Gasteiger charge is -2.19. The summed E-state index contributed by atoms with van der Waals surface area (Å²) in [5.74, 6) is -0.673. The standard InChI is InChI=1S/C11H18N2O4/c1-11(2,3)17-8(14)6-5-7-9(15)13(4)10(16)12-7/h7H,5-6H2,1-4H3,(H,12,16). The third kappa shape index (κ3) is 3.72. The summed E-state index contributed by atoms with van der Waals surface area (Å²) in [6.07, 6.45) is 0.381. The lowest BCUT2D eigenvalue weighted by atomic mass is 10.1. The maximum absolute atomic E-state index is 11.5. The minimum atomic E-state index is -0.611. The predicted octanol–water partition coefficient (Wildman–Crippen LogP) is 0.658. The second-order valence-corrected chi connectivity index (χ2v) is 5.02. The first-order chi connectivity index (χ1) is 7.70. The monoisotopic (exact) mass is 242 g/mol. The highest BCUT2D eigenvalue weighted by molar-refractivity contribution is 6.03. The zero-order valence-electron chi connectivity index (χ0n) is 10.6. The molecule has 0 aromatic rings. The van der Waals surface area contributed by atoms with E-state index >= 15 is 0 Å². The predicted molar refractivity (Wildman–Crippen MR) is 60.2 cm³/mol. The summed E-state index contributed by atoms with van der Waals surface area (Å²) in [7, 11) is 1.41. The molecule has 1 saturated heterocycles. The zero-order chi connectivity index (χ0) is 13.2. The number of rotatable bonds is 3. The molecule has 96 valence electrons. The molecule has 1 aliphatic rings. The van der Waals surface area contributed by atoms with E-state index in [1.165, 1.54) is 7.05 Å². The number of hydrogen-bond acceptors (Lipinski definition) is 4. The zero-order valence-corrected chi connectivity index (χ0v) is 10.6. The molecule has 0 aliphatic carbocycles. The fourth-order valence-corrected chi connectivity index (χ4v) is 1.49. The van der Waals surface area contributed by atoms with Crippen molar-refractivity contribution in [3.8, 4) is 0 Å². The Bertz CT molecular complexity index is 346. The maximum Gasteiger partial charge on any atom is 0.324 e. The molecule has 17 heavy (non-hydrogen) atoms. The minimum Gasteiger partial charge on any atom is -0.460 e. The normalized spacial score (nSPS) is 20.5. The summed E-state index contributed by atoms with van der Waals surface area (Å²) in [5.41, 5.74) is -0.531. The van der Waals surface area contributed by atoms with Crippen molar-refractivity contribution in [1.82, 2.24) is 10.2 Å². The van der Waals surface area contributed by atoms with E-state index in [1.54, 1.807) is 20.8 Å². The van der Waals surface area contributed by atoms with E-state index in [9.17, 15) is 14.4 Å². The Kier molecular flexibility index (Phi) is 3.75. The minimum absolute atomic E-state index is 0.113. The molecule has 0 radical (unpaired) electrons. The van der Waals surface area contributed by atoms with Gasteiger partial charge in [0.15, 0.2) is 0 Å². The summed E-state index contributed by atoms with van der Waals surface area (Å²) < 4.78 is 5.11. The Morgan fingerprint density at radius 2 is 2.00 bits per heavy atom. The van der Waals surface area contributed by atoms with Gasteiger partial charge in [-0.1, -0.05) is 0 Å². The highest BCUT2D eigenvalue weighted by atomic mass is 16.6. The van der Waals surface area contributed by atoms with E-state index in [2.05, 4.69) is 5.32 Å². The highest BCUT2D eigenvalue weighted by Crippen LogP contribution is 2.13. The van der Waals surface area contributed by atoms with Crippen molar-refractivity contribution in [2.75, 3.05) is 7.05 Å². The van der Waals surface area contributed by atoms with Crippen molar-refractivity contribution in [3.05, 3.63) is 0 Å². The van der Waals surface area contributed by atoms with Gasteiger partial charge in [0.1, 0.15) is 11.6 Å². The molecule has 1 aliphatic heterocycles. The van der Waals surface area contributed by atoms with Gasteiger partial charge < -0.3 is 10.1 Å². The quantitative estimate of drug-likeness (QED) is 0.582. The highest BCUT2D eigenvalue weighted by Gasteiger charge is 2.35. The molecule has 0 aromatic carbocycles. The molecule has 1 fully saturated rings. The van der Waals surface area contributed by atoms with Crippen molar-refractivity contribution in [2.45, 2.75) is 45.3 Å². The van der Waals surface area contributed by atoms with E-state index < -0.39 is 17.7 Å². The van der Waals surface area contributed by atoms with Gasteiger partial charge in [0.25, 0.3) is 5.91 Å². The molecule has 1 unspecified atom stereocenters. The molecule has 3 amide bonds. The van der Waals surface area contributed by atoms with Gasteiger partial charge in [0.05, 0.1) is 0 Å². The Labute approximate surface area is 100 Å². The van der Waals surface area contributed by atoms with Gasteiger partial charge in [-0.05, 0) is 27.2 Å². The third-order valence-corrected chi connectivity index (χ3v) is 2.29. The molecular weight excluding hydrogens is 224 g/mol. The average molecular weight is 242 g/mol. The van der Waals surface area contributed by atoms with Gasteiger partial charge in [-0.15, -0.1) is 0 Å². The van der Waals surface area contributed by atoms with Crippen molar-refractivity contribution in [3.63, 3.8) is 0 Å². The Hall–Kier alpha value is -1.59. The summed E-state index contributed by atoms with van der Waals surface area (Å²) in [6, 6.07) is -1.04. The van der Waals surface area contributed by atoms with Crippen LogP contribution in [0, 0.1) is 0 Å². The summed E-state index contributed by atoms with van der Waals surface area (Å²) in [6.45, 7) is 5.34. The Morgan fingerprint density at radius 3 is 2.41 bits per heavy atom. The van der Waals surface area contributed by atoms with Crippen LogP contribution in [0.4, 0.5) is 4.79 Å². The van der Waals surface area contributed by atoms with Crippen LogP contribution in [0.5, 0.6) is 0 Å². The van der Waals surface area contributed by atoms with Crippen LogP contribution in [0.1, 0.15) is 33.6 Å². The van der Waals surface area contributed by atoms with Crippen molar-refractivity contribution in [1.29, 1.82) is 0 Å². The van der Waals surface area contributed by atoms with Crippen LogP contribution < -0.4 is 5.32 Å². The van der Waals surface area contributed by atoms with Crippen LogP contribution in [0.2, 0.25) is 0 Å².